The first-order valence-electron chi connectivity index (χ1n) is 23.7. The SMILES string of the molecule is CC(C)C[C@H](NC(=O)[C@@H](N)C(C)C)C(=O)N[C@@H](C)C(=O)N[C@H](C(=O)NCC(=O)N[C@@H](CCCN=C(N)N)C(=O)NCC(=O)N[C@@H](Cc1ccccc1)C(=O)N[C@H](C(=O)N[C@H](C(=O)O)C(C)C)[C@@H](C)O)[C@@H](C)O. The average Bonchev–Trinajstić information content (AvgIpc) is 3.29. The minimum absolute atomic E-state index is 0.0311. The van der Waals surface area contributed by atoms with Crippen LogP contribution in [0.4, 0.5) is 0 Å². The number of aliphatic hydroxyl groups excluding tert-OH is 2. The number of hydrogen-bond donors (Lipinski definition) is 15. The Hall–Kier alpha value is -6.93. The van der Waals surface area contributed by atoms with E-state index in [0.29, 0.717) is 5.56 Å². The first kappa shape index (κ1) is 63.1. The van der Waals surface area contributed by atoms with Crippen molar-refractivity contribution in [1.29, 1.82) is 0 Å². The molecule has 0 saturated carbocycles. The van der Waals surface area contributed by atoms with Gasteiger partial charge in [0.1, 0.15) is 42.3 Å². The molecule has 0 aliphatic heterocycles. The highest BCUT2D eigenvalue weighted by atomic mass is 16.4. The number of guanidine groups is 1. The summed E-state index contributed by atoms with van der Waals surface area (Å²) in [5.41, 5.74) is 17.3. The predicted molar refractivity (Wildman–Crippen MR) is 263 cm³/mol. The standard InChI is InChI=1S/C46H77N13O13/c1-22(2)18-30(56-42(68)34(47)23(3)4)40(66)53-25(7)38(64)58-36(26(8)60)43(69)52-21-32(62)54-29(16-13-17-50-46(48)49)39(65)51-20-33(63)55-31(19-28-14-11-10-12-15-28)41(67)59-37(27(9)61)44(70)57-35(24(5)6)45(71)72/h10-12,14-15,22-27,29-31,34-37,60-61H,13,16-21,47H2,1-9H3,(H,51,65)(H,52,69)(H,53,66)(H,54,62)(H,55,63)(H,56,68)(H,57,70)(H,58,64)(H,59,67)(H,71,72)(H4,48,49,50)/t25-,26+,27+,29-,30-,31-,34-,35-,36-,37-/m0/s1. The van der Waals surface area contributed by atoms with Crippen LogP contribution in [0.5, 0.6) is 0 Å². The molecule has 26 nitrogen and oxygen atoms in total. The van der Waals surface area contributed by atoms with Crippen LogP contribution in [0.2, 0.25) is 0 Å². The van der Waals surface area contributed by atoms with Crippen molar-refractivity contribution in [3.05, 3.63) is 35.9 Å². The Balaban J connectivity index is 3.12. The maximum atomic E-state index is 13.7. The zero-order valence-electron chi connectivity index (χ0n) is 42.4. The second kappa shape index (κ2) is 31.4. The number of nitrogens with zero attached hydrogens (tertiary/aromatic N) is 1. The summed E-state index contributed by atoms with van der Waals surface area (Å²) in [5.74, 6) is -10.1. The van der Waals surface area contributed by atoms with Crippen molar-refractivity contribution in [1.82, 2.24) is 47.9 Å². The summed E-state index contributed by atoms with van der Waals surface area (Å²) >= 11 is 0. The number of aliphatic hydroxyl groups is 2. The molecular formula is C46H77N13O13. The van der Waals surface area contributed by atoms with Crippen molar-refractivity contribution in [2.75, 3.05) is 19.6 Å². The third-order valence-corrected chi connectivity index (χ3v) is 10.8. The summed E-state index contributed by atoms with van der Waals surface area (Å²) in [6, 6.07) is -2.15. The van der Waals surface area contributed by atoms with Gasteiger partial charge in [-0.25, -0.2) is 4.79 Å². The van der Waals surface area contributed by atoms with Gasteiger partial charge < -0.3 is 80.4 Å². The fraction of sp³-hybridized carbons (Fsp3) is 0.630. The van der Waals surface area contributed by atoms with Crippen molar-refractivity contribution in [2.24, 2.45) is 39.9 Å². The number of carbonyl (C=O) groups is 10. The molecule has 0 heterocycles. The van der Waals surface area contributed by atoms with E-state index in [9.17, 15) is 63.3 Å². The Labute approximate surface area is 419 Å². The van der Waals surface area contributed by atoms with Gasteiger partial charge in [0.05, 0.1) is 31.3 Å². The third-order valence-electron chi connectivity index (χ3n) is 10.8. The molecule has 10 atom stereocenters. The van der Waals surface area contributed by atoms with Gasteiger partial charge in [0.25, 0.3) is 0 Å². The van der Waals surface area contributed by atoms with Crippen molar-refractivity contribution < 1.29 is 63.3 Å². The Morgan fingerprint density at radius 3 is 1.56 bits per heavy atom. The van der Waals surface area contributed by atoms with E-state index < -0.39 is 139 Å². The number of rotatable bonds is 31. The maximum absolute atomic E-state index is 13.7. The lowest BCUT2D eigenvalue weighted by molar-refractivity contribution is -0.144. The van der Waals surface area contributed by atoms with Crippen LogP contribution in [-0.2, 0) is 54.4 Å². The van der Waals surface area contributed by atoms with E-state index in [0.717, 1.165) is 0 Å². The molecule has 0 spiro atoms. The lowest BCUT2D eigenvalue weighted by atomic mass is 10.0. The largest absolute Gasteiger partial charge is 0.480 e. The lowest BCUT2D eigenvalue weighted by Gasteiger charge is -2.27. The van der Waals surface area contributed by atoms with Crippen molar-refractivity contribution >= 4 is 65.1 Å². The first-order chi connectivity index (χ1) is 33.5. The number of benzene rings is 1. The van der Waals surface area contributed by atoms with E-state index >= 15 is 0 Å². The first-order valence-corrected chi connectivity index (χ1v) is 23.7. The molecule has 0 aliphatic rings. The minimum Gasteiger partial charge on any atom is -0.480 e. The Morgan fingerprint density at radius 1 is 0.556 bits per heavy atom. The molecule has 404 valence electrons. The van der Waals surface area contributed by atoms with Crippen LogP contribution < -0.4 is 65.1 Å². The number of aliphatic carboxylic acids is 1. The van der Waals surface area contributed by atoms with E-state index in [1.807, 2.05) is 13.8 Å². The highest BCUT2D eigenvalue weighted by Gasteiger charge is 2.35. The highest BCUT2D eigenvalue weighted by Crippen LogP contribution is 2.10. The smallest absolute Gasteiger partial charge is 0.326 e. The summed E-state index contributed by atoms with van der Waals surface area (Å²) in [6.07, 6.45) is -2.87. The fourth-order valence-electron chi connectivity index (χ4n) is 6.64. The fourth-order valence-corrected chi connectivity index (χ4v) is 6.64. The third kappa shape index (κ3) is 23.3. The summed E-state index contributed by atoms with van der Waals surface area (Å²) in [6.45, 7) is 12.5. The quantitative estimate of drug-likeness (QED) is 0.0189. The van der Waals surface area contributed by atoms with Gasteiger partial charge in [-0.05, 0) is 63.4 Å². The van der Waals surface area contributed by atoms with E-state index in [1.54, 1.807) is 58.0 Å². The molecule has 72 heavy (non-hydrogen) atoms. The van der Waals surface area contributed by atoms with E-state index in [-0.39, 0.29) is 50.0 Å². The van der Waals surface area contributed by atoms with Crippen LogP contribution in [-0.4, -0.2) is 161 Å². The number of hydrogen-bond acceptors (Lipinski definition) is 14. The summed E-state index contributed by atoms with van der Waals surface area (Å²) in [4.78, 5) is 135. The lowest BCUT2D eigenvalue weighted by Crippen LogP contribution is -2.60. The summed E-state index contributed by atoms with van der Waals surface area (Å²) in [5, 5.41) is 52.1. The monoisotopic (exact) mass is 1020 g/mol. The number of carboxylic acid groups (broad SMARTS) is 1. The number of amides is 9. The molecule has 0 fully saturated rings. The summed E-state index contributed by atoms with van der Waals surface area (Å²) < 4.78 is 0. The topological polar surface area (TPSA) is 430 Å². The van der Waals surface area contributed by atoms with Gasteiger partial charge >= 0.3 is 5.97 Å². The molecule has 9 amide bonds. The van der Waals surface area contributed by atoms with Crippen LogP contribution in [0, 0.1) is 17.8 Å². The van der Waals surface area contributed by atoms with Crippen LogP contribution in [0.15, 0.2) is 35.3 Å². The number of nitrogens with one attached hydrogen (secondary N) is 9. The van der Waals surface area contributed by atoms with E-state index in [2.05, 4.69) is 52.8 Å². The van der Waals surface area contributed by atoms with Gasteiger partial charge in [0.2, 0.25) is 53.2 Å². The molecule has 0 saturated heterocycles. The van der Waals surface area contributed by atoms with Crippen molar-refractivity contribution in [2.45, 2.75) is 149 Å². The molecule has 0 radical (unpaired) electrons. The van der Waals surface area contributed by atoms with Gasteiger partial charge in [0.15, 0.2) is 5.96 Å². The van der Waals surface area contributed by atoms with Crippen LogP contribution in [0.25, 0.3) is 0 Å². The van der Waals surface area contributed by atoms with Gasteiger partial charge in [-0.15, -0.1) is 0 Å². The van der Waals surface area contributed by atoms with Crippen LogP contribution in [0.3, 0.4) is 0 Å². The van der Waals surface area contributed by atoms with Crippen LogP contribution >= 0.6 is 0 Å². The van der Waals surface area contributed by atoms with Gasteiger partial charge in [0, 0.05) is 13.0 Å². The Bertz CT molecular complexity index is 2030. The minimum atomic E-state index is -1.63. The predicted octanol–water partition coefficient (Wildman–Crippen LogP) is -4.54. The Kier molecular flexibility index (Phi) is 27.5. The molecule has 0 bridgehead atoms. The molecule has 0 aliphatic carbocycles. The van der Waals surface area contributed by atoms with Gasteiger partial charge in [-0.2, -0.15) is 0 Å². The number of carbonyl (C=O) groups excluding carboxylic acids is 9. The average molecular weight is 1020 g/mol. The molecule has 1 aromatic rings. The normalized spacial score (nSPS) is 15.3. The molecule has 1 rings (SSSR count). The van der Waals surface area contributed by atoms with E-state index in [4.69, 9.17) is 17.2 Å². The highest BCUT2D eigenvalue weighted by molar-refractivity contribution is 5.97. The van der Waals surface area contributed by atoms with Crippen LogP contribution in [0.1, 0.15) is 87.1 Å². The molecular weight excluding hydrogens is 943 g/mol. The van der Waals surface area contributed by atoms with Crippen molar-refractivity contribution in [3.63, 3.8) is 0 Å². The number of nitrogens with two attached hydrogens (primary N) is 3. The molecule has 1 aromatic carbocycles. The van der Waals surface area contributed by atoms with Gasteiger partial charge in [-0.1, -0.05) is 71.9 Å². The maximum Gasteiger partial charge on any atom is 0.326 e. The molecule has 0 aromatic heterocycles. The van der Waals surface area contributed by atoms with Crippen molar-refractivity contribution in [3.8, 4) is 0 Å². The molecule has 18 N–H and O–H groups in total. The summed E-state index contributed by atoms with van der Waals surface area (Å²) in [7, 11) is 0. The zero-order valence-corrected chi connectivity index (χ0v) is 42.4. The number of aliphatic imine (C=N–C) groups is 1. The molecule has 0 unspecified atom stereocenters. The second-order valence-corrected chi connectivity index (χ2v) is 18.5. The molecule has 26 heteroatoms. The second-order valence-electron chi connectivity index (χ2n) is 18.5. The number of carboxylic acids is 1. The zero-order chi connectivity index (χ0) is 55.0. The van der Waals surface area contributed by atoms with E-state index in [1.165, 1.54) is 20.8 Å². The Morgan fingerprint density at radius 2 is 1.06 bits per heavy atom. The van der Waals surface area contributed by atoms with Gasteiger partial charge in [-0.3, -0.25) is 48.1 Å².